The van der Waals surface area contributed by atoms with E-state index in [0.717, 1.165) is 6.07 Å². The summed E-state index contributed by atoms with van der Waals surface area (Å²) in [6.45, 7) is 0.312. The van der Waals surface area contributed by atoms with Crippen LogP contribution in [0.5, 0.6) is 11.5 Å². The Morgan fingerprint density at radius 3 is 2.37 bits per heavy atom. The maximum Gasteiger partial charge on any atom is 0.407 e. The van der Waals surface area contributed by atoms with Crippen molar-refractivity contribution in [2.75, 3.05) is 26.7 Å². The highest BCUT2D eigenvalue weighted by molar-refractivity contribution is 5.99. The Hall–Kier alpha value is -3.36. The normalized spacial score (nSPS) is 15.5. The van der Waals surface area contributed by atoms with Crippen LogP contribution in [-0.2, 0) is 5.41 Å². The molecule has 0 spiro atoms. The van der Waals surface area contributed by atoms with Crippen LogP contribution in [0.3, 0.4) is 0 Å². The van der Waals surface area contributed by atoms with E-state index in [1.165, 1.54) is 42.3 Å². The number of piperidine rings is 1. The zero-order chi connectivity index (χ0) is 21.9. The van der Waals surface area contributed by atoms with Crippen LogP contribution in [0.4, 0.5) is 13.6 Å². The van der Waals surface area contributed by atoms with E-state index < -0.39 is 29.0 Å². The van der Waals surface area contributed by atoms with E-state index in [9.17, 15) is 28.6 Å². The fourth-order valence-corrected chi connectivity index (χ4v) is 3.81. The predicted octanol–water partition coefficient (Wildman–Crippen LogP) is 3.12. The van der Waals surface area contributed by atoms with Crippen molar-refractivity contribution in [2.45, 2.75) is 18.3 Å². The molecule has 0 aliphatic carbocycles. The molecular weight excluding hydrogens is 398 g/mol. The van der Waals surface area contributed by atoms with Crippen LogP contribution in [-0.4, -0.2) is 53.9 Å². The average molecular weight is 420 g/mol. The number of phenolic OH excluding ortho intramolecular Hbond substituents is 1. The first-order valence-corrected chi connectivity index (χ1v) is 9.34. The molecular formula is C21H22F2N2O5. The van der Waals surface area contributed by atoms with Gasteiger partial charge in [-0.2, -0.15) is 0 Å². The lowest BCUT2D eigenvalue weighted by atomic mass is 9.72. The van der Waals surface area contributed by atoms with Crippen molar-refractivity contribution < 1.29 is 33.3 Å². The van der Waals surface area contributed by atoms with Crippen LogP contribution in [0.15, 0.2) is 36.4 Å². The summed E-state index contributed by atoms with van der Waals surface area (Å²) in [5.74, 6) is -2.20. The molecule has 0 bridgehead atoms. The molecule has 9 heteroatoms. The summed E-state index contributed by atoms with van der Waals surface area (Å²) >= 11 is 0. The maximum atomic E-state index is 13.9. The van der Waals surface area contributed by atoms with E-state index in [1.54, 1.807) is 0 Å². The van der Waals surface area contributed by atoms with Crippen LogP contribution in [0.1, 0.15) is 28.8 Å². The molecule has 160 valence electrons. The number of nitrogens with one attached hydrogen (secondary N) is 1. The number of likely N-dealkylation sites (tertiary alicyclic amines) is 1. The molecule has 3 rings (SSSR count). The molecule has 0 unspecified atom stereocenters. The Bertz CT molecular complexity index is 938. The monoisotopic (exact) mass is 420 g/mol. The third kappa shape index (κ3) is 4.29. The van der Waals surface area contributed by atoms with Gasteiger partial charge in [-0.25, -0.2) is 13.6 Å². The molecule has 1 aliphatic rings. The fourth-order valence-electron chi connectivity index (χ4n) is 3.81. The topological polar surface area (TPSA) is 99.1 Å². The fraction of sp³-hybridized carbons (Fsp3) is 0.333. The summed E-state index contributed by atoms with van der Waals surface area (Å²) in [6.07, 6.45) is -0.544. The van der Waals surface area contributed by atoms with Crippen LogP contribution in [0, 0.1) is 11.6 Å². The van der Waals surface area contributed by atoms with Gasteiger partial charge in [-0.15, -0.1) is 0 Å². The first kappa shape index (κ1) is 21.4. The number of hydrogen-bond donors (Lipinski definition) is 3. The molecule has 0 aromatic heterocycles. The number of nitrogens with zero attached hydrogens (tertiary/aromatic N) is 1. The number of carboxylic acid groups (broad SMARTS) is 1. The first-order chi connectivity index (χ1) is 14.3. The van der Waals surface area contributed by atoms with Crippen molar-refractivity contribution in [1.29, 1.82) is 0 Å². The minimum atomic E-state index is -1.07. The van der Waals surface area contributed by atoms with Gasteiger partial charge in [0.1, 0.15) is 28.7 Å². The van der Waals surface area contributed by atoms with Gasteiger partial charge in [-0.3, -0.25) is 4.79 Å². The summed E-state index contributed by atoms with van der Waals surface area (Å²) in [5, 5.41) is 22.0. The number of hydrogen-bond acceptors (Lipinski definition) is 4. The number of halogens is 2. The number of benzene rings is 2. The van der Waals surface area contributed by atoms with Gasteiger partial charge >= 0.3 is 6.09 Å². The van der Waals surface area contributed by atoms with Gasteiger partial charge in [-0.1, -0.05) is 6.07 Å². The molecule has 2 aromatic rings. The van der Waals surface area contributed by atoms with Crippen molar-refractivity contribution in [3.05, 3.63) is 59.2 Å². The molecule has 0 saturated carbocycles. The van der Waals surface area contributed by atoms with Gasteiger partial charge in [-0.05, 0) is 42.7 Å². The minimum Gasteiger partial charge on any atom is -0.507 e. The lowest BCUT2D eigenvalue weighted by Gasteiger charge is -2.41. The highest BCUT2D eigenvalue weighted by Gasteiger charge is 2.38. The number of aromatic hydroxyl groups is 1. The zero-order valence-electron chi connectivity index (χ0n) is 16.3. The molecule has 0 atom stereocenters. The Morgan fingerprint density at radius 1 is 1.17 bits per heavy atom. The summed E-state index contributed by atoms with van der Waals surface area (Å²) in [7, 11) is 1.37. The number of phenols is 1. The van der Waals surface area contributed by atoms with Gasteiger partial charge in [0.25, 0.3) is 5.91 Å². The third-order valence-corrected chi connectivity index (χ3v) is 5.50. The van der Waals surface area contributed by atoms with Gasteiger partial charge in [0, 0.05) is 31.1 Å². The number of amides is 2. The quantitative estimate of drug-likeness (QED) is 0.690. The van der Waals surface area contributed by atoms with Gasteiger partial charge in [0.15, 0.2) is 0 Å². The lowest BCUT2D eigenvalue weighted by molar-refractivity contribution is 0.0902. The van der Waals surface area contributed by atoms with Crippen molar-refractivity contribution in [1.82, 2.24) is 10.2 Å². The molecule has 1 fully saturated rings. The van der Waals surface area contributed by atoms with Crippen molar-refractivity contribution in [3.8, 4) is 11.5 Å². The van der Waals surface area contributed by atoms with E-state index in [0.29, 0.717) is 5.56 Å². The van der Waals surface area contributed by atoms with E-state index in [2.05, 4.69) is 5.32 Å². The van der Waals surface area contributed by atoms with Crippen LogP contribution in [0.2, 0.25) is 0 Å². The molecule has 1 saturated heterocycles. The second kappa shape index (κ2) is 8.56. The van der Waals surface area contributed by atoms with Gasteiger partial charge in [0.2, 0.25) is 0 Å². The number of ether oxygens (including phenoxy) is 1. The number of carbonyl (C=O) groups is 2. The van der Waals surface area contributed by atoms with Crippen LogP contribution < -0.4 is 10.1 Å². The van der Waals surface area contributed by atoms with Crippen molar-refractivity contribution >= 4 is 12.0 Å². The predicted molar refractivity (Wildman–Crippen MR) is 104 cm³/mol. The second-order valence-electron chi connectivity index (χ2n) is 7.25. The van der Waals surface area contributed by atoms with Gasteiger partial charge < -0.3 is 25.2 Å². The third-order valence-electron chi connectivity index (χ3n) is 5.50. The van der Waals surface area contributed by atoms with E-state index in [1.807, 2.05) is 0 Å². The first-order valence-electron chi connectivity index (χ1n) is 9.34. The average Bonchev–Trinajstić information content (AvgIpc) is 2.71. The number of rotatable bonds is 5. The van der Waals surface area contributed by atoms with Crippen molar-refractivity contribution in [3.63, 3.8) is 0 Å². The summed E-state index contributed by atoms with van der Waals surface area (Å²) < 4.78 is 32.9. The standard InChI is InChI=1S/C21H22F2N2O5/c1-30-17-4-2-3-16(26)18(17)19(27)24-12-21(5-7-25(8-6-21)20(28)29)13-9-14(22)11-15(23)10-13/h2-4,9-11,26H,5-8,12H2,1H3,(H,24,27)(H,28,29). The zero-order valence-corrected chi connectivity index (χ0v) is 16.3. The SMILES string of the molecule is COc1cccc(O)c1C(=O)NCC1(c2cc(F)cc(F)c2)CCN(C(=O)O)CC1. The molecule has 2 aromatic carbocycles. The molecule has 3 N–H and O–H groups in total. The molecule has 2 amide bonds. The minimum absolute atomic E-state index is 0.000323. The Labute approximate surface area is 171 Å². The number of methoxy groups -OCH3 is 1. The van der Waals surface area contributed by atoms with E-state index in [4.69, 9.17) is 4.74 Å². The highest BCUT2D eigenvalue weighted by Crippen LogP contribution is 2.36. The summed E-state index contributed by atoms with van der Waals surface area (Å²) in [6, 6.07) is 7.56. The molecule has 7 nitrogen and oxygen atoms in total. The number of carbonyl (C=O) groups excluding carboxylic acids is 1. The summed E-state index contributed by atoms with van der Waals surface area (Å²) in [5.41, 5.74) is -0.583. The van der Waals surface area contributed by atoms with E-state index >= 15 is 0 Å². The largest absolute Gasteiger partial charge is 0.507 e. The van der Waals surface area contributed by atoms with Crippen molar-refractivity contribution in [2.24, 2.45) is 0 Å². The Kier molecular flexibility index (Phi) is 6.09. The smallest absolute Gasteiger partial charge is 0.407 e. The van der Waals surface area contributed by atoms with E-state index in [-0.39, 0.29) is 49.5 Å². The molecule has 1 aliphatic heterocycles. The highest BCUT2D eigenvalue weighted by atomic mass is 19.1. The van der Waals surface area contributed by atoms with Gasteiger partial charge in [0.05, 0.1) is 7.11 Å². The summed E-state index contributed by atoms with van der Waals surface area (Å²) in [4.78, 5) is 25.3. The van der Waals surface area contributed by atoms with Crippen LogP contribution >= 0.6 is 0 Å². The Balaban J connectivity index is 1.89. The second-order valence-corrected chi connectivity index (χ2v) is 7.25. The molecule has 1 heterocycles. The molecule has 0 radical (unpaired) electrons. The van der Waals surface area contributed by atoms with Crippen LogP contribution in [0.25, 0.3) is 0 Å². The maximum absolute atomic E-state index is 13.9. The Morgan fingerprint density at radius 2 is 1.80 bits per heavy atom. The molecule has 30 heavy (non-hydrogen) atoms. The lowest BCUT2D eigenvalue weighted by Crippen LogP contribution is -2.50.